The van der Waals surface area contributed by atoms with Crippen molar-refractivity contribution in [2.45, 2.75) is 0 Å². The van der Waals surface area contributed by atoms with E-state index in [2.05, 4.69) is 22.5 Å². The van der Waals surface area contributed by atoms with E-state index in [9.17, 15) is 4.39 Å². The fourth-order valence-electron chi connectivity index (χ4n) is 1.19. The van der Waals surface area contributed by atoms with Gasteiger partial charge in [-0.05, 0) is 33.6 Å². The lowest BCUT2D eigenvalue weighted by atomic mass is 10.1. The highest BCUT2D eigenvalue weighted by atomic mass is 79.9. The first-order valence-corrected chi connectivity index (χ1v) is 4.28. The van der Waals surface area contributed by atoms with Crippen LogP contribution in [0.3, 0.4) is 0 Å². The Labute approximate surface area is 78.0 Å². The Morgan fingerprint density at radius 1 is 1.50 bits per heavy atom. The number of hydrogen-bond acceptors (Lipinski definition) is 1. The highest BCUT2D eigenvalue weighted by Crippen LogP contribution is 2.37. The topological polar surface area (TPSA) is 9.23 Å². The van der Waals surface area contributed by atoms with E-state index in [0.29, 0.717) is 16.8 Å². The molecule has 1 aliphatic rings. The van der Waals surface area contributed by atoms with E-state index in [1.807, 2.05) is 0 Å². The van der Waals surface area contributed by atoms with Crippen molar-refractivity contribution in [1.82, 2.24) is 0 Å². The van der Waals surface area contributed by atoms with Gasteiger partial charge in [0, 0.05) is 5.56 Å². The molecule has 0 bridgehead atoms. The van der Waals surface area contributed by atoms with Crippen LogP contribution in [0, 0.1) is 5.82 Å². The van der Waals surface area contributed by atoms with Gasteiger partial charge in [0.2, 0.25) is 0 Å². The molecule has 0 saturated heterocycles. The molecule has 1 aromatic rings. The van der Waals surface area contributed by atoms with Gasteiger partial charge in [-0.25, -0.2) is 4.39 Å². The zero-order chi connectivity index (χ0) is 8.72. The molecule has 0 saturated carbocycles. The fourth-order valence-corrected chi connectivity index (χ4v) is 1.50. The third-order valence-electron chi connectivity index (χ3n) is 1.82. The Balaban J connectivity index is 2.68. The van der Waals surface area contributed by atoms with Crippen LogP contribution in [0.2, 0.25) is 0 Å². The van der Waals surface area contributed by atoms with Crippen LogP contribution in [-0.4, -0.2) is 6.61 Å². The van der Waals surface area contributed by atoms with E-state index in [4.69, 9.17) is 4.74 Å². The first-order chi connectivity index (χ1) is 5.70. The molecule has 0 N–H and O–H groups in total. The van der Waals surface area contributed by atoms with Crippen molar-refractivity contribution < 1.29 is 9.13 Å². The van der Waals surface area contributed by atoms with Gasteiger partial charge in [0.15, 0.2) is 11.6 Å². The Morgan fingerprint density at radius 3 is 3.00 bits per heavy atom. The minimum absolute atomic E-state index is 0.314. The predicted molar refractivity (Wildman–Crippen MR) is 48.6 cm³/mol. The minimum Gasteiger partial charge on any atom is -0.485 e. The first-order valence-electron chi connectivity index (χ1n) is 3.49. The van der Waals surface area contributed by atoms with E-state index >= 15 is 0 Å². The van der Waals surface area contributed by atoms with Gasteiger partial charge in [-0.2, -0.15) is 0 Å². The highest BCUT2D eigenvalue weighted by Gasteiger charge is 2.21. The molecule has 12 heavy (non-hydrogen) atoms. The molecular formula is C9H6BrFO. The SMILES string of the molecule is C=C1COc2c1ccc(Br)c2F. The zero-order valence-corrected chi connectivity index (χ0v) is 7.82. The second kappa shape index (κ2) is 2.59. The number of halogens is 2. The summed E-state index contributed by atoms with van der Waals surface area (Å²) >= 11 is 3.08. The molecule has 0 aromatic heterocycles. The van der Waals surface area contributed by atoms with Crippen LogP contribution in [0.5, 0.6) is 5.75 Å². The molecule has 1 nitrogen and oxygen atoms in total. The summed E-state index contributed by atoms with van der Waals surface area (Å²) in [5, 5.41) is 0. The molecule has 0 unspecified atom stereocenters. The lowest BCUT2D eigenvalue weighted by Gasteiger charge is -2.00. The maximum absolute atomic E-state index is 13.3. The molecule has 0 aliphatic carbocycles. The van der Waals surface area contributed by atoms with Crippen molar-refractivity contribution in [3.8, 4) is 5.75 Å². The van der Waals surface area contributed by atoms with Crippen LogP contribution in [-0.2, 0) is 0 Å². The molecule has 1 aliphatic heterocycles. The van der Waals surface area contributed by atoms with E-state index in [0.717, 1.165) is 11.1 Å². The van der Waals surface area contributed by atoms with Crippen molar-refractivity contribution in [1.29, 1.82) is 0 Å². The van der Waals surface area contributed by atoms with Crippen molar-refractivity contribution in [2.75, 3.05) is 6.61 Å². The molecule has 0 radical (unpaired) electrons. The van der Waals surface area contributed by atoms with Crippen molar-refractivity contribution in [2.24, 2.45) is 0 Å². The molecule has 3 heteroatoms. The summed E-state index contributed by atoms with van der Waals surface area (Å²) in [5.41, 5.74) is 1.60. The lowest BCUT2D eigenvalue weighted by molar-refractivity contribution is 0.365. The van der Waals surface area contributed by atoms with E-state index in [-0.39, 0.29) is 5.82 Å². The largest absolute Gasteiger partial charge is 0.485 e. The van der Waals surface area contributed by atoms with Crippen LogP contribution in [0.1, 0.15) is 5.56 Å². The van der Waals surface area contributed by atoms with E-state index < -0.39 is 0 Å². The average Bonchev–Trinajstić information content (AvgIpc) is 2.41. The molecule has 0 atom stereocenters. The van der Waals surface area contributed by atoms with Crippen LogP contribution in [0.25, 0.3) is 5.57 Å². The van der Waals surface area contributed by atoms with E-state index in [1.54, 1.807) is 12.1 Å². The van der Waals surface area contributed by atoms with Crippen molar-refractivity contribution >= 4 is 21.5 Å². The predicted octanol–water partition coefficient (Wildman–Crippen LogP) is 2.99. The van der Waals surface area contributed by atoms with Crippen LogP contribution < -0.4 is 4.74 Å². The van der Waals surface area contributed by atoms with Crippen LogP contribution in [0.4, 0.5) is 4.39 Å². The van der Waals surface area contributed by atoms with Gasteiger partial charge in [-0.1, -0.05) is 6.58 Å². The summed E-state index contributed by atoms with van der Waals surface area (Å²) < 4.78 is 18.8. The fraction of sp³-hybridized carbons (Fsp3) is 0.111. The Morgan fingerprint density at radius 2 is 2.25 bits per heavy atom. The molecular weight excluding hydrogens is 223 g/mol. The molecule has 2 rings (SSSR count). The zero-order valence-electron chi connectivity index (χ0n) is 6.23. The lowest BCUT2D eigenvalue weighted by Crippen LogP contribution is -1.88. The van der Waals surface area contributed by atoms with Crippen LogP contribution in [0.15, 0.2) is 23.2 Å². The number of ether oxygens (including phenoxy) is 1. The third-order valence-corrected chi connectivity index (χ3v) is 2.43. The highest BCUT2D eigenvalue weighted by molar-refractivity contribution is 9.10. The summed E-state index contributed by atoms with van der Waals surface area (Å²) in [6, 6.07) is 3.46. The van der Waals surface area contributed by atoms with Crippen molar-refractivity contribution in [3.05, 3.63) is 34.6 Å². The Kier molecular flexibility index (Phi) is 1.68. The molecule has 1 aromatic carbocycles. The average molecular weight is 229 g/mol. The molecule has 0 amide bonds. The van der Waals surface area contributed by atoms with Crippen LogP contribution >= 0.6 is 15.9 Å². The summed E-state index contributed by atoms with van der Waals surface area (Å²) in [5.74, 6) is -0.0273. The summed E-state index contributed by atoms with van der Waals surface area (Å²) in [4.78, 5) is 0. The van der Waals surface area contributed by atoms with Gasteiger partial charge in [0.05, 0.1) is 4.47 Å². The molecule has 0 spiro atoms. The summed E-state index contributed by atoms with van der Waals surface area (Å²) in [6.45, 7) is 4.15. The smallest absolute Gasteiger partial charge is 0.179 e. The Hall–Kier alpha value is -0.830. The van der Waals surface area contributed by atoms with Gasteiger partial charge in [0.1, 0.15) is 6.61 Å². The number of hydrogen-bond donors (Lipinski definition) is 0. The first kappa shape index (κ1) is 7.80. The second-order valence-corrected chi connectivity index (χ2v) is 3.48. The van der Waals surface area contributed by atoms with Gasteiger partial charge in [-0.15, -0.1) is 0 Å². The Bertz CT molecular complexity index is 360. The molecule has 62 valence electrons. The summed E-state index contributed by atoms with van der Waals surface area (Å²) in [7, 11) is 0. The standard InChI is InChI=1S/C9H6BrFO/c1-5-4-12-9-6(5)2-3-7(10)8(9)11/h2-3H,1,4H2. The summed E-state index contributed by atoms with van der Waals surface area (Å²) in [6.07, 6.45) is 0. The molecule has 0 fully saturated rings. The van der Waals surface area contributed by atoms with Gasteiger partial charge in [-0.3, -0.25) is 0 Å². The quantitative estimate of drug-likeness (QED) is 0.664. The van der Waals surface area contributed by atoms with Crippen molar-refractivity contribution in [3.63, 3.8) is 0 Å². The van der Waals surface area contributed by atoms with Gasteiger partial charge >= 0.3 is 0 Å². The van der Waals surface area contributed by atoms with Gasteiger partial charge < -0.3 is 4.74 Å². The normalized spacial score (nSPS) is 14.3. The molecule has 1 heterocycles. The number of rotatable bonds is 0. The maximum Gasteiger partial charge on any atom is 0.179 e. The maximum atomic E-state index is 13.3. The second-order valence-electron chi connectivity index (χ2n) is 2.63. The minimum atomic E-state index is -0.342. The monoisotopic (exact) mass is 228 g/mol. The number of fused-ring (bicyclic) bond motifs is 1. The van der Waals surface area contributed by atoms with Gasteiger partial charge in [0.25, 0.3) is 0 Å². The number of benzene rings is 1. The third kappa shape index (κ3) is 0.966. The van der Waals surface area contributed by atoms with E-state index in [1.165, 1.54) is 0 Å².